The molecule has 2 saturated heterocycles. The van der Waals surface area contributed by atoms with Gasteiger partial charge in [-0.05, 0) is 18.6 Å². The molecular formula is C13H21N5O. The molecule has 0 aromatic carbocycles. The van der Waals surface area contributed by atoms with Crippen LogP contribution in [0.25, 0.3) is 0 Å². The normalized spacial score (nSPS) is 24.9. The number of hydrogen-bond donors (Lipinski definition) is 1. The molecule has 19 heavy (non-hydrogen) atoms. The minimum absolute atomic E-state index is 0.448. The van der Waals surface area contributed by atoms with Gasteiger partial charge in [-0.1, -0.05) is 0 Å². The molecule has 2 N–H and O–H groups in total. The number of morpholine rings is 1. The van der Waals surface area contributed by atoms with Gasteiger partial charge in [-0.15, -0.1) is 5.10 Å². The predicted octanol–water partition coefficient (Wildman–Crippen LogP) is -0.154. The number of rotatable bonds is 3. The van der Waals surface area contributed by atoms with Crippen LogP contribution >= 0.6 is 0 Å². The number of ether oxygens (including phenoxy) is 1. The summed E-state index contributed by atoms with van der Waals surface area (Å²) in [6.07, 6.45) is 1.19. The monoisotopic (exact) mass is 263 g/mol. The molecule has 2 aliphatic heterocycles. The maximum absolute atomic E-state index is 5.54. The number of hydrogen-bond acceptors (Lipinski definition) is 6. The molecule has 3 rings (SSSR count). The second-order valence-corrected chi connectivity index (χ2v) is 5.12. The summed E-state index contributed by atoms with van der Waals surface area (Å²) in [5.74, 6) is 0.966. The van der Waals surface area contributed by atoms with Gasteiger partial charge in [-0.25, -0.2) is 0 Å². The van der Waals surface area contributed by atoms with Crippen LogP contribution in [-0.4, -0.2) is 60.5 Å². The molecule has 0 radical (unpaired) electrons. The lowest BCUT2D eigenvalue weighted by Gasteiger charge is -2.32. The molecule has 3 heterocycles. The first kappa shape index (κ1) is 12.8. The highest BCUT2D eigenvalue weighted by Gasteiger charge is 2.29. The van der Waals surface area contributed by atoms with Crippen LogP contribution in [0.5, 0.6) is 0 Å². The molecule has 1 aromatic rings. The van der Waals surface area contributed by atoms with E-state index in [-0.39, 0.29) is 0 Å². The van der Waals surface area contributed by atoms with Gasteiger partial charge in [0.2, 0.25) is 0 Å². The standard InChI is InChI=1S/C13H21N5O/c14-9-11-1-2-13(16-15-11)18-4-3-12(10-18)17-5-7-19-8-6-17/h1-2,12H,3-10,14H2. The predicted molar refractivity (Wildman–Crippen MR) is 72.9 cm³/mol. The molecule has 1 unspecified atom stereocenters. The zero-order chi connectivity index (χ0) is 13.1. The molecule has 104 valence electrons. The van der Waals surface area contributed by atoms with Gasteiger partial charge >= 0.3 is 0 Å². The Bertz CT molecular complexity index is 404. The Morgan fingerprint density at radius 2 is 2.05 bits per heavy atom. The van der Waals surface area contributed by atoms with Crippen molar-refractivity contribution in [3.05, 3.63) is 17.8 Å². The van der Waals surface area contributed by atoms with Gasteiger partial charge < -0.3 is 15.4 Å². The van der Waals surface area contributed by atoms with Crippen LogP contribution in [-0.2, 0) is 11.3 Å². The van der Waals surface area contributed by atoms with E-state index in [9.17, 15) is 0 Å². The fourth-order valence-electron chi connectivity index (χ4n) is 2.82. The van der Waals surface area contributed by atoms with Crippen molar-refractivity contribution in [3.8, 4) is 0 Å². The lowest BCUT2D eigenvalue weighted by Crippen LogP contribution is -2.44. The van der Waals surface area contributed by atoms with E-state index >= 15 is 0 Å². The summed E-state index contributed by atoms with van der Waals surface area (Å²) in [5, 5.41) is 8.39. The van der Waals surface area contributed by atoms with Crippen molar-refractivity contribution < 1.29 is 4.74 Å². The smallest absolute Gasteiger partial charge is 0.151 e. The number of anilines is 1. The Morgan fingerprint density at radius 3 is 2.74 bits per heavy atom. The van der Waals surface area contributed by atoms with Gasteiger partial charge in [-0.2, -0.15) is 5.10 Å². The topological polar surface area (TPSA) is 67.5 Å². The van der Waals surface area contributed by atoms with E-state index in [1.165, 1.54) is 6.42 Å². The van der Waals surface area contributed by atoms with Crippen molar-refractivity contribution in [1.29, 1.82) is 0 Å². The van der Waals surface area contributed by atoms with Gasteiger partial charge in [0, 0.05) is 38.8 Å². The van der Waals surface area contributed by atoms with Gasteiger partial charge in [0.1, 0.15) is 0 Å². The molecular weight excluding hydrogens is 242 g/mol. The molecule has 0 amide bonds. The summed E-state index contributed by atoms with van der Waals surface area (Å²) in [6.45, 7) is 6.37. The molecule has 2 aliphatic rings. The van der Waals surface area contributed by atoms with E-state index in [1.54, 1.807) is 0 Å². The molecule has 6 heteroatoms. The van der Waals surface area contributed by atoms with Crippen molar-refractivity contribution in [1.82, 2.24) is 15.1 Å². The Hall–Kier alpha value is -1.24. The third kappa shape index (κ3) is 2.86. The minimum atomic E-state index is 0.448. The Labute approximate surface area is 113 Å². The summed E-state index contributed by atoms with van der Waals surface area (Å²) >= 11 is 0. The Morgan fingerprint density at radius 1 is 1.21 bits per heavy atom. The molecule has 1 aromatic heterocycles. The quantitative estimate of drug-likeness (QED) is 0.818. The van der Waals surface area contributed by atoms with Crippen LogP contribution in [0.3, 0.4) is 0 Å². The SMILES string of the molecule is NCc1ccc(N2CCC(N3CCOCC3)C2)nn1. The van der Waals surface area contributed by atoms with E-state index in [0.717, 1.165) is 50.9 Å². The highest BCUT2D eigenvalue weighted by Crippen LogP contribution is 2.21. The molecule has 0 aliphatic carbocycles. The third-order valence-electron chi connectivity index (χ3n) is 3.96. The average Bonchev–Trinajstić information content (AvgIpc) is 2.98. The van der Waals surface area contributed by atoms with E-state index in [1.807, 2.05) is 12.1 Å². The zero-order valence-corrected chi connectivity index (χ0v) is 11.2. The summed E-state index contributed by atoms with van der Waals surface area (Å²) in [6, 6.07) is 4.61. The Balaban J connectivity index is 1.61. The van der Waals surface area contributed by atoms with Crippen LogP contribution in [0.2, 0.25) is 0 Å². The van der Waals surface area contributed by atoms with Crippen molar-refractivity contribution >= 4 is 5.82 Å². The number of nitrogens with zero attached hydrogens (tertiary/aromatic N) is 4. The summed E-state index contributed by atoms with van der Waals surface area (Å²) in [7, 11) is 0. The molecule has 2 fully saturated rings. The van der Waals surface area contributed by atoms with E-state index in [0.29, 0.717) is 12.6 Å². The van der Waals surface area contributed by atoms with E-state index in [4.69, 9.17) is 10.5 Å². The average molecular weight is 263 g/mol. The summed E-state index contributed by atoms with van der Waals surface area (Å²) < 4.78 is 5.41. The van der Waals surface area contributed by atoms with Crippen molar-refractivity contribution in [2.45, 2.75) is 19.0 Å². The number of nitrogens with two attached hydrogens (primary N) is 1. The minimum Gasteiger partial charge on any atom is -0.379 e. The lowest BCUT2D eigenvalue weighted by atomic mass is 10.2. The first-order valence-electron chi connectivity index (χ1n) is 6.96. The van der Waals surface area contributed by atoms with Crippen molar-refractivity contribution in [2.24, 2.45) is 5.73 Å². The van der Waals surface area contributed by atoms with Gasteiger partial charge in [-0.3, -0.25) is 4.90 Å². The second kappa shape index (κ2) is 5.81. The van der Waals surface area contributed by atoms with Gasteiger partial charge in [0.15, 0.2) is 5.82 Å². The molecule has 6 nitrogen and oxygen atoms in total. The first-order chi connectivity index (χ1) is 9.36. The zero-order valence-electron chi connectivity index (χ0n) is 11.2. The molecule has 0 spiro atoms. The van der Waals surface area contributed by atoms with Crippen LogP contribution in [0.4, 0.5) is 5.82 Å². The molecule has 1 atom stereocenters. The van der Waals surface area contributed by atoms with Crippen LogP contribution in [0, 0.1) is 0 Å². The third-order valence-corrected chi connectivity index (χ3v) is 3.96. The van der Waals surface area contributed by atoms with Crippen LogP contribution < -0.4 is 10.6 Å². The van der Waals surface area contributed by atoms with Crippen LogP contribution in [0.15, 0.2) is 12.1 Å². The first-order valence-corrected chi connectivity index (χ1v) is 6.96. The molecule has 0 saturated carbocycles. The largest absolute Gasteiger partial charge is 0.379 e. The lowest BCUT2D eigenvalue weighted by molar-refractivity contribution is 0.0209. The second-order valence-electron chi connectivity index (χ2n) is 5.12. The summed E-state index contributed by atoms with van der Waals surface area (Å²) in [5.41, 5.74) is 6.38. The fraction of sp³-hybridized carbons (Fsp3) is 0.692. The van der Waals surface area contributed by atoms with Crippen molar-refractivity contribution in [2.75, 3.05) is 44.3 Å². The number of aromatic nitrogens is 2. The van der Waals surface area contributed by atoms with E-state index < -0.39 is 0 Å². The van der Waals surface area contributed by atoms with Crippen LogP contribution in [0.1, 0.15) is 12.1 Å². The van der Waals surface area contributed by atoms with Crippen molar-refractivity contribution in [3.63, 3.8) is 0 Å². The van der Waals surface area contributed by atoms with Gasteiger partial charge in [0.05, 0.1) is 18.9 Å². The fourth-order valence-corrected chi connectivity index (χ4v) is 2.82. The van der Waals surface area contributed by atoms with Gasteiger partial charge in [0.25, 0.3) is 0 Å². The van der Waals surface area contributed by atoms with E-state index in [2.05, 4.69) is 20.0 Å². The summed E-state index contributed by atoms with van der Waals surface area (Å²) in [4.78, 5) is 4.85. The maximum Gasteiger partial charge on any atom is 0.151 e. The molecule has 0 bridgehead atoms. The Kier molecular flexibility index (Phi) is 3.91. The maximum atomic E-state index is 5.54. The highest BCUT2D eigenvalue weighted by atomic mass is 16.5. The highest BCUT2D eigenvalue weighted by molar-refractivity contribution is 5.39.